The number of aliphatic carboxylic acids is 1. The van der Waals surface area contributed by atoms with Crippen LogP contribution in [0.3, 0.4) is 0 Å². The standard InChI is InChI=1S/C23H20FN5O3/c1-13(25)15-7-4-8-16(20(15)24)22-27-21(18-10-5-11-29(18)28-22)23(32)26-17-9-3-2-6-14(17)12-19(30)31/h2-11,13H,12,25H2,1H3,(H,26,32)(H,30,31)/t13-/m1/s1. The molecule has 1 atom stereocenters. The topological polar surface area (TPSA) is 123 Å². The summed E-state index contributed by atoms with van der Waals surface area (Å²) in [5.74, 6) is -2.11. The minimum Gasteiger partial charge on any atom is -0.481 e. The summed E-state index contributed by atoms with van der Waals surface area (Å²) in [7, 11) is 0. The first-order valence-electron chi connectivity index (χ1n) is 9.86. The second-order valence-corrected chi connectivity index (χ2v) is 7.30. The van der Waals surface area contributed by atoms with Crippen molar-refractivity contribution in [1.82, 2.24) is 14.6 Å². The van der Waals surface area contributed by atoms with E-state index in [-0.39, 0.29) is 23.5 Å². The molecule has 0 saturated carbocycles. The van der Waals surface area contributed by atoms with Gasteiger partial charge in [-0.2, -0.15) is 0 Å². The van der Waals surface area contributed by atoms with Crippen molar-refractivity contribution in [2.24, 2.45) is 5.73 Å². The number of halogens is 1. The number of benzene rings is 2. The smallest absolute Gasteiger partial charge is 0.307 e. The minimum atomic E-state index is -1.02. The molecule has 0 saturated heterocycles. The Morgan fingerprint density at radius 2 is 1.94 bits per heavy atom. The Morgan fingerprint density at radius 1 is 1.16 bits per heavy atom. The van der Waals surface area contributed by atoms with Crippen molar-refractivity contribution in [3.63, 3.8) is 0 Å². The van der Waals surface area contributed by atoms with Crippen LogP contribution in [-0.4, -0.2) is 31.6 Å². The third-order valence-electron chi connectivity index (χ3n) is 4.97. The number of carboxylic acid groups (broad SMARTS) is 1. The first-order valence-corrected chi connectivity index (χ1v) is 9.86. The number of para-hydroxylation sites is 1. The van der Waals surface area contributed by atoms with Gasteiger partial charge >= 0.3 is 5.97 Å². The second kappa shape index (κ2) is 8.56. The van der Waals surface area contributed by atoms with Crippen molar-refractivity contribution in [1.29, 1.82) is 0 Å². The summed E-state index contributed by atoms with van der Waals surface area (Å²) >= 11 is 0. The van der Waals surface area contributed by atoms with E-state index >= 15 is 4.39 Å². The number of amides is 1. The number of nitrogens with one attached hydrogen (secondary N) is 1. The number of fused-ring (bicyclic) bond motifs is 1. The van der Waals surface area contributed by atoms with Gasteiger partial charge in [0.25, 0.3) is 5.91 Å². The lowest BCUT2D eigenvalue weighted by molar-refractivity contribution is -0.136. The number of hydrogen-bond acceptors (Lipinski definition) is 5. The number of hydrogen-bond donors (Lipinski definition) is 3. The predicted molar refractivity (Wildman–Crippen MR) is 117 cm³/mol. The number of rotatable bonds is 6. The van der Waals surface area contributed by atoms with Crippen LogP contribution in [0, 0.1) is 5.82 Å². The summed E-state index contributed by atoms with van der Waals surface area (Å²) in [4.78, 5) is 28.6. The molecule has 1 amide bonds. The molecule has 0 aliphatic carbocycles. The molecule has 2 aromatic heterocycles. The van der Waals surface area contributed by atoms with Crippen molar-refractivity contribution < 1.29 is 19.1 Å². The van der Waals surface area contributed by atoms with E-state index in [9.17, 15) is 9.59 Å². The van der Waals surface area contributed by atoms with Crippen LogP contribution >= 0.6 is 0 Å². The van der Waals surface area contributed by atoms with Crippen LogP contribution in [0.1, 0.15) is 34.6 Å². The second-order valence-electron chi connectivity index (χ2n) is 7.30. The van der Waals surface area contributed by atoms with Gasteiger partial charge in [0.05, 0.1) is 17.5 Å². The normalized spacial score (nSPS) is 12.0. The zero-order valence-corrected chi connectivity index (χ0v) is 17.1. The van der Waals surface area contributed by atoms with Gasteiger partial charge in [-0.15, -0.1) is 5.10 Å². The average molecular weight is 433 g/mol. The van der Waals surface area contributed by atoms with Gasteiger partial charge in [0.15, 0.2) is 11.5 Å². The number of anilines is 1. The highest BCUT2D eigenvalue weighted by atomic mass is 19.1. The molecule has 32 heavy (non-hydrogen) atoms. The Morgan fingerprint density at radius 3 is 2.69 bits per heavy atom. The van der Waals surface area contributed by atoms with E-state index in [4.69, 9.17) is 10.8 Å². The quantitative estimate of drug-likeness (QED) is 0.428. The van der Waals surface area contributed by atoms with Gasteiger partial charge in [0.1, 0.15) is 5.82 Å². The van der Waals surface area contributed by atoms with Gasteiger partial charge in [-0.25, -0.2) is 13.9 Å². The zero-order valence-electron chi connectivity index (χ0n) is 17.1. The van der Waals surface area contributed by atoms with E-state index in [1.165, 1.54) is 10.6 Å². The summed E-state index contributed by atoms with van der Waals surface area (Å²) in [6, 6.07) is 14.2. The first-order chi connectivity index (χ1) is 15.3. The van der Waals surface area contributed by atoms with E-state index in [0.29, 0.717) is 22.3 Å². The third kappa shape index (κ3) is 4.06. The highest BCUT2D eigenvalue weighted by molar-refractivity contribution is 6.08. The fraction of sp³-hybridized carbons (Fsp3) is 0.130. The van der Waals surface area contributed by atoms with Crippen LogP contribution in [0.15, 0.2) is 60.8 Å². The Hall–Kier alpha value is -4.11. The largest absolute Gasteiger partial charge is 0.481 e. The van der Waals surface area contributed by atoms with Crippen LogP contribution < -0.4 is 11.1 Å². The fourth-order valence-electron chi connectivity index (χ4n) is 3.43. The van der Waals surface area contributed by atoms with Crippen LogP contribution in [0.5, 0.6) is 0 Å². The van der Waals surface area contributed by atoms with Crippen LogP contribution in [0.4, 0.5) is 10.1 Å². The van der Waals surface area contributed by atoms with Crippen molar-refractivity contribution >= 4 is 23.1 Å². The van der Waals surface area contributed by atoms with Crippen molar-refractivity contribution in [3.05, 3.63) is 83.4 Å². The van der Waals surface area contributed by atoms with Crippen LogP contribution in [0.25, 0.3) is 16.9 Å². The molecule has 0 bridgehead atoms. The number of carboxylic acids is 1. The van der Waals surface area contributed by atoms with Crippen LogP contribution in [0.2, 0.25) is 0 Å². The molecule has 8 nitrogen and oxygen atoms in total. The number of nitrogens with zero attached hydrogens (tertiary/aromatic N) is 3. The number of aromatic nitrogens is 3. The van der Waals surface area contributed by atoms with Gasteiger partial charge in [-0.3, -0.25) is 9.59 Å². The first kappa shape index (κ1) is 21.1. The average Bonchev–Trinajstić information content (AvgIpc) is 3.22. The Labute approximate surface area is 182 Å². The van der Waals surface area contributed by atoms with E-state index < -0.39 is 23.7 Å². The summed E-state index contributed by atoms with van der Waals surface area (Å²) in [6.07, 6.45) is 1.38. The molecule has 162 valence electrons. The molecular weight excluding hydrogens is 413 g/mol. The molecule has 4 rings (SSSR count). The molecule has 0 fully saturated rings. The number of carbonyl (C=O) groups excluding carboxylic acids is 1. The van der Waals surface area contributed by atoms with Gasteiger partial charge < -0.3 is 16.2 Å². The maximum atomic E-state index is 15.1. The van der Waals surface area contributed by atoms with Crippen molar-refractivity contribution in [3.8, 4) is 11.4 Å². The van der Waals surface area contributed by atoms with Gasteiger partial charge in [0.2, 0.25) is 0 Å². The molecule has 9 heteroatoms. The van der Waals surface area contributed by atoms with Gasteiger partial charge in [-0.05, 0) is 36.8 Å². The Balaban J connectivity index is 1.78. The minimum absolute atomic E-state index is 0.0238. The monoisotopic (exact) mass is 433 g/mol. The molecule has 0 aliphatic heterocycles. The van der Waals surface area contributed by atoms with Gasteiger partial charge in [0, 0.05) is 23.5 Å². The molecule has 4 aromatic rings. The Kier molecular flexibility index (Phi) is 5.65. The Bertz CT molecular complexity index is 1330. The summed E-state index contributed by atoms with van der Waals surface area (Å²) in [6.45, 7) is 1.67. The molecule has 0 radical (unpaired) electrons. The lowest BCUT2D eigenvalue weighted by Gasteiger charge is -2.13. The van der Waals surface area contributed by atoms with E-state index in [1.807, 2.05) is 0 Å². The SMILES string of the molecule is C[C@@H](N)c1cccc(-c2nc(C(=O)Nc3ccccc3CC(=O)O)c3cccn3n2)c1F. The van der Waals surface area contributed by atoms with E-state index in [0.717, 1.165) is 0 Å². The third-order valence-corrected chi connectivity index (χ3v) is 4.97. The van der Waals surface area contributed by atoms with E-state index in [1.54, 1.807) is 61.7 Å². The summed E-state index contributed by atoms with van der Waals surface area (Å²) in [5.41, 5.74) is 7.54. The maximum absolute atomic E-state index is 15.1. The maximum Gasteiger partial charge on any atom is 0.307 e. The number of carbonyl (C=O) groups is 2. The fourth-order valence-corrected chi connectivity index (χ4v) is 3.43. The molecule has 0 unspecified atom stereocenters. The number of nitrogens with two attached hydrogens (primary N) is 1. The molecule has 2 aromatic carbocycles. The van der Waals surface area contributed by atoms with Gasteiger partial charge in [-0.1, -0.05) is 30.3 Å². The van der Waals surface area contributed by atoms with Crippen LogP contribution in [-0.2, 0) is 11.2 Å². The molecule has 0 spiro atoms. The zero-order chi connectivity index (χ0) is 22.8. The van der Waals surface area contributed by atoms with Crippen molar-refractivity contribution in [2.75, 3.05) is 5.32 Å². The highest BCUT2D eigenvalue weighted by Crippen LogP contribution is 2.26. The molecule has 4 N–H and O–H groups in total. The lowest BCUT2D eigenvalue weighted by atomic mass is 10.0. The van der Waals surface area contributed by atoms with Crippen molar-refractivity contribution in [2.45, 2.75) is 19.4 Å². The van der Waals surface area contributed by atoms with E-state index in [2.05, 4.69) is 15.4 Å². The summed E-state index contributed by atoms with van der Waals surface area (Å²) in [5, 5.41) is 16.2. The lowest BCUT2D eigenvalue weighted by Crippen LogP contribution is -2.18. The highest BCUT2D eigenvalue weighted by Gasteiger charge is 2.21. The molecule has 0 aliphatic rings. The molecule has 2 heterocycles. The predicted octanol–water partition coefficient (Wildman–Crippen LogP) is 3.43. The summed E-state index contributed by atoms with van der Waals surface area (Å²) < 4.78 is 16.5. The molecular formula is C23H20FN5O3.